The van der Waals surface area contributed by atoms with Crippen LogP contribution in [0.2, 0.25) is 0 Å². The summed E-state index contributed by atoms with van der Waals surface area (Å²) in [5.41, 5.74) is -1.05. The molecule has 4 N–H and O–H groups in total. The zero-order valence-corrected chi connectivity index (χ0v) is 71.1. The number of tetrazole rings is 2. The van der Waals surface area contributed by atoms with E-state index >= 15 is 0 Å². The molecule has 20 saturated carbocycles. The van der Waals surface area contributed by atoms with E-state index in [9.17, 15) is 39.6 Å². The molecule has 24 rings (SSSR count). The van der Waals surface area contributed by atoms with Gasteiger partial charge < -0.3 is 20.4 Å². The molecule has 116 heavy (non-hydrogen) atoms. The summed E-state index contributed by atoms with van der Waals surface area (Å²) < 4.78 is 3.31. The lowest BCUT2D eigenvalue weighted by Crippen LogP contribution is -2.52. The minimum absolute atomic E-state index is 0.166. The molecule has 0 aliphatic heterocycles. The first-order chi connectivity index (χ1) is 55.5. The summed E-state index contributed by atoms with van der Waals surface area (Å²) in [4.78, 5) is 56.4. The Balaban J connectivity index is 0.0000000966. The Morgan fingerprint density at radius 1 is 0.310 bits per heavy atom. The molecule has 4 aromatic rings. The predicted molar refractivity (Wildman–Crippen MR) is 430 cm³/mol. The summed E-state index contributed by atoms with van der Waals surface area (Å²) in [7, 11) is 0. The molecule has 0 saturated heterocycles. The Morgan fingerprint density at radius 3 is 0.948 bits per heavy atom. The van der Waals surface area contributed by atoms with Gasteiger partial charge in [-0.25, -0.2) is 9.36 Å². The third-order valence-electron chi connectivity index (χ3n) is 40.4. The second-order valence-electron chi connectivity index (χ2n) is 46.7. The van der Waals surface area contributed by atoms with Crippen molar-refractivity contribution in [1.82, 2.24) is 70.4 Å². The highest BCUT2D eigenvalue weighted by atomic mass is 16.3. The largest absolute Gasteiger partial charge is 0.390 e. The second kappa shape index (κ2) is 28.2. The normalized spacial score (nSPS) is 52.8. The third kappa shape index (κ3) is 13.1. The molecule has 0 bridgehead atoms. The number of nitrogens with zero attached hydrogens (tertiary/aromatic N) is 14. The zero-order chi connectivity index (χ0) is 79.9. The fraction of sp³-hybridized carbons (Fsp3) is 0.894. The third-order valence-corrected chi connectivity index (χ3v) is 40.4. The Kier molecular flexibility index (Phi) is 19.0. The van der Waals surface area contributed by atoms with E-state index < -0.39 is 22.4 Å². The van der Waals surface area contributed by atoms with Gasteiger partial charge in [0.05, 0.1) is 41.0 Å². The Hall–Kier alpha value is -5.06. The topological polar surface area (TPSA) is 298 Å². The maximum absolute atomic E-state index is 13.4. The molecule has 0 aromatic carbocycles. The molecular weight excluding hydrogens is 1450 g/mol. The van der Waals surface area contributed by atoms with Gasteiger partial charge in [-0.1, -0.05) is 32.9 Å². The van der Waals surface area contributed by atoms with Crippen LogP contribution in [0.4, 0.5) is 0 Å². The lowest BCUT2D eigenvalue weighted by molar-refractivity contribution is -0.137. The monoisotopic (exact) mass is 1590 g/mol. The lowest BCUT2D eigenvalue weighted by Gasteiger charge is -2.57. The first kappa shape index (κ1) is 78.2. The fourth-order valence-electron chi connectivity index (χ4n) is 36.8. The van der Waals surface area contributed by atoms with E-state index in [2.05, 4.69) is 79.1 Å². The summed E-state index contributed by atoms with van der Waals surface area (Å²) >= 11 is 0. The number of hydrogen-bond donors (Lipinski definition) is 4. The van der Waals surface area contributed by atoms with Crippen LogP contribution in [0.5, 0.6) is 0 Å². The lowest BCUT2D eigenvalue weighted by atomic mass is 9.48. The van der Waals surface area contributed by atoms with Crippen LogP contribution in [0.1, 0.15) is 261 Å². The van der Waals surface area contributed by atoms with Crippen LogP contribution in [-0.4, -0.2) is 136 Å². The summed E-state index contributed by atoms with van der Waals surface area (Å²) in [6, 6.07) is 0. The minimum atomic E-state index is -0.445. The van der Waals surface area contributed by atoms with Crippen LogP contribution in [0.3, 0.4) is 0 Å². The van der Waals surface area contributed by atoms with Crippen molar-refractivity contribution in [3.63, 3.8) is 0 Å². The molecule has 4 heterocycles. The van der Waals surface area contributed by atoms with E-state index in [1.54, 1.807) is 39.1 Å². The van der Waals surface area contributed by atoms with Gasteiger partial charge in [-0.2, -0.15) is 19.8 Å². The van der Waals surface area contributed by atoms with Crippen LogP contribution in [0, 0.1) is 211 Å². The number of ketones is 4. The van der Waals surface area contributed by atoms with Crippen LogP contribution in [-0.2, 0) is 45.4 Å². The molecule has 0 amide bonds. The highest BCUT2D eigenvalue weighted by Gasteiger charge is 2.76. The van der Waals surface area contributed by atoms with Crippen LogP contribution in [0.15, 0.2) is 37.4 Å². The van der Waals surface area contributed by atoms with Crippen molar-refractivity contribution in [2.45, 2.75) is 309 Å². The zero-order valence-electron chi connectivity index (χ0n) is 71.1. The van der Waals surface area contributed by atoms with Crippen molar-refractivity contribution in [2.24, 2.45) is 211 Å². The van der Waals surface area contributed by atoms with Crippen LogP contribution in [0.25, 0.3) is 0 Å². The first-order valence-electron chi connectivity index (χ1n) is 47.6. The van der Waals surface area contributed by atoms with Gasteiger partial charge in [0.2, 0.25) is 0 Å². The van der Waals surface area contributed by atoms with E-state index in [4.69, 9.17) is 0 Å². The smallest absolute Gasteiger partial charge is 0.162 e. The molecule has 22 nitrogen and oxygen atoms in total. The van der Waals surface area contributed by atoms with E-state index in [1.165, 1.54) is 165 Å². The summed E-state index contributed by atoms with van der Waals surface area (Å²) in [6.07, 6.45) is 48.1. The number of rotatable bonds is 12. The average Bonchev–Trinajstić information content (AvgIpc) is 1.54. The standard InChI is InChI=1S/2C24H35N3O2.2C23H34N4O2/c1-23(29)7-5-15-14(12-23)3-4-17-16(15)6-8-24(2)21(17)18-11-19(18)22(24)20(28)13-27-10-9-25-26-27;1-23(29)7-5-15-14(12-23)3-4-17-16(15)6-8-24(2)21(17)18-11-19(18)22(24)20(28)13-27-25-9-10-26-27;1-22(29)7-5-14-13(10-22)3-4-16-15(14)6-8-23(2)20(16)17-9-18(17)21(23)19(28)11-27-12-24-25-26-27;1-22(29)7-5-14-13(10-22)3-4-16-15(14)6-8-23(2)20(16)17-9-18(17)21(23)19(28)11-27-25-12-24-26-27/h2*9-10,14-19,21-22,29H,3-8,11-13H2,1-2H3;2*12-18,20-21,29H,3-11H2,1-2H3/t2*14-,15+,16-,17-,18-,19+,21-,22-,23-,24+;2*13-,14+,15-,16-,17-,18+,20-,21-,22-,23+/m1111/s1. The number of hydrogen-bond acceptors (Lipinski definition) is 18. The molecule has 4 aromatic heterocycles. The SMILES string of the molecule is C[C@@]1(O)CC[C@H]2[C@H](CC[C@@H]3[C@@H]2CC[C@@]2(C)[C@H]3[C@@H]3C[C@@H]3[C@@H]2C(=O)Cn2ccnn2)C1.C[C@@]1(O)CC[C@H]2[C@H](CC[C@@H]3[C@@H]2CC[C@@]2(C)[C@H]3[C@@H]3C[C@@H]3[C@@H]2C(=O)Cn2cnnn2)C1.C[C@@]1(O)CC[C@H]2[C@H](CC[C@@H]3[C@@H]2CC[C@@]2(C)[C@H]3[C@@H]3C[C@@H]3[C@@H]2C(=O)Cn2nccn2)C1.C[C@@]1(O)CC[C@H]2[C@H](CC[C@@H]3[C@@H]2CC[C@@]2(C)[C@H]3[C@@H]3C[C@@H]3[C@@H]2C(=O)Cn2ncnn2)C1. The van der Waals surface area contributed by atoms with Gasteiger partial charge in [-0.05, 0) is 436 Å². The van der Waals surface area contributed by atoms with E-state index in [-0.39, 0.29) is 51.9 Å². The van der Waals surface area contributed by atoms with Gasteiger partial charge in [-0.15, -0.1) is 20.4 Å². The molecule has 20 aliphatic carbocycles. The van der Waals surface area contributed by atoms with E-state index in [0.29, 0.717) is 66.4 Å². The molecule has 40 atom stereocenters. The molecule has 22 heteroatoms. The summed E-state index contributed by atoms with van der Waals surface area (Å²) in [5.74, 6) is 23.6. The molecule has 0 radical (unpaired) electrons. The quantitative estimate of drug-likeness (QED) is 0.102. The van der Waals surface area contributed by atoms with E-state index in [0.717, 1.165) is 193 Å². The predicted octanol–water partition coefficient (Wildman–Crippen LogP) is 13.7. The molecule has 0 spiro atoms. The average molecular weight is 1590 g/mol. The molecule has 0 unspecified atom stereocenters. The van der Waals surface area contributed by atoms with Crippen molar-refractivity contribution in [1.29, 1.82) is 0 Å². The van der Waals surface area contributed by atoms with Crippen molar-refractivity contribution in [2.75, 3.05) is 0 Å². The number of carbonyl (C=O) groups is 4. The van der Waals surface area contributed by atoms with Crippen molar-refractivity contribution in [3.8, 4) is 0 Å². The molecule has 20 fully saturated rings. The van der Waals surface area contributed by atoms with Gasteiger partial charge in [0.15, 0.2) is 29.5 Å². The van der Waals surface area contributed by atoms with Gasteiger partial charge >= 0.3 is 0 Å². The van der Waals surface area contributed by atoms with Crippen molar-refractivity contribution >= 4 is 23.1 Å². The van der Waals surface area contributed by atoms with Gasteiger partial charge in [0, 0.05) is 29.9 Å². The van der Waals surface area contributed by atoms with E-state index in [1.807, 2.05) is 33.9 Å². The van der Waals surface area contributed by atoms with Gasteiger partial charge in [-0.3, -0.25) is 19.2 Å². The second-order valence-corrected chi connectivity index (χ2v) is 46.7. The van der Waals surface area contributed by atoms with Crippen molar-refractivity contribution < 1.29 is 39.6 Å². The number of aliphatic hydroxyl groups is 4. The molecular formula is C94H138N14O8. The van der Waals surface area contributed by atoms with Crippen LogP contribution >= 0.6 is 0 Å². The number of aromatic nitrogens is 14. The highest BCUT2D eigenvalue weighted by molar-refractivity contribution is 5.85. The number of Topliss-reactive ketones (excluding diaryl/α,β-unsaturated/α-hetero) is 4. The number of carbonyl (C=O) groups excluding carboxylic acids is 4. The minimum Gasteiger partial charge on any atom is -0.390 e. The maximum atomic E-state index is 13.4. The molecule has 20 aliphatic rings. The summed E-state index contributed by atoms with van der Waals surface area (Å²) in [6.45, 7) is 19.3. The summed E-state index contributed by atoms with van der Waals surface area (Å²) in [5, 5.41) is 81.8. The Labute approximate surface area is 687 Å². The highest BCUT2D eigenvalue weighted by Crippen LogP contribution is 2.80. The van der Waals surface area contributed by atoms with Gasteiger partial charge in [0.1, 0.15) is 32.5 Å². The Bertz CT molecular complexity index is 3760. The first-order valence-corrected chi connectivity index (χ1v) is 47.6. The van der Waals surface area contributed by atoms with Crippen LogP contribution < -0.4 is 0 Å². The maximum Gasteiger partial charge on any atom is 0.162 e. The fourth-order valence-corrected chi connectivity index (χ4v) is 36.8. The van der Waals surface area contributed by atoms with Gasteiger partial charge in [0.25, 0.3) is 0 Å². The number of fused-ring (bicyclic) bond motifs is 28. The van der Waals surface area contributed by atoms with Crippen molar-refractivity contribution in [3.05, 3.63) is 37.4 Å². The molecule has 632 valence electrons. The Morgan fingerprint density at radius 2 is 0.638 bits per heavy atom.